The number of hydrogen-bond acceptors (Lipinski definition) is 2. The molecule has 1 atom stereocenters. The lowest BCUT2D eigenvalue weighted by molar-refractivity contribution is -0.140. The molecule has 82 valence electrons. The SMILES string of the molecule is C=C[C@]1(C)C=C(c2ccc(Br)cc2)OC1=O. The summed E-state index contributed by atoms with van der Waals surface area (Å²) in [7, 11) is 0. The molecule has 0 saturated carbocycles. The van der Waals surface area contributed by atoms with Crippen LogP contribution in [0.15, 0.2) is 47.5 Å². The average molecular weight is 279 g/mol. The standard InChI is InChI=1S/C13H11BrO2/c1-3-13(2)8-11(16-12(13)15)9-4-6-10(14)7-5-9/h3-8H,1H2,2H3/t13-/m1/s1. The molecule has 0 saturated heterocycles. The highest BCUT2D eigenvalue weighted by Crippen LogP contribution is 2.36. The maximum absolute atomic E-state index is 11.6. The van der Waals surface area contributed by atoms with Crippen molar-refractivity contribution in [1.82, 2.24) is 0 Å². The summed E-state index contributed by atoms with van der Waals surface area (Å²) < 4.78 is 6.22. The molecule has 0 unspecified atom stereocenters. The molecule has 0 radical (unpaired) electrons. The number of ether oxygens (including phenoxy) is 1. The van der Waals surface area contributed by atoms with E-state index >= 15 is 0 Å². The fourth-order valence-electron chi connectivity index (χ4n) is 1.47. The van der Waals surface area contributed by atoms with Gasteiger partial charge in [-0.25, -0.2) is 0 Å². The van der Waals surface area contributed by atoms with Gasteiger partial charge in [-0.3, -0.25) is 4.79 Å². The van der Waals surface area contributed by atoms with E-state index in [9.17, 15) is 4.79 Å². The molecule has 3 heteroatoms. The van der Waals surface area contributed by atoms with E-state index in [1.165, 1.54) is 0 Å². The molecule has 0 spiro atoms. The van der Waals surface area contributed by atoms with Crippen LogP contribution >= 0.6 is 15.9 Å². The fourth-order valence-corrected chi connectivity index (χ4v) is 1.73. The highest BCUT2D eigenvalue weighted by Gasteiger charge is 2.37. The normalized spacial score (nSPS) is 23.9. The average Bonchev–Trinajstić information content (AvgIpc) is 2.57. The number of esters is 1. The van der Waals surface area contributed by atoms with Crippen molar-refractivity contribution >= 4 is 27.7 Å². The first kappa shape index (κ1) is 11.1. The van der Waals surface area contributed by atoms with Gasteiger partial charge in [-0.05, 0) is 25.1 Å². The number of rotatable bonds is 2. The minimum absolute atomic E-state index is 0.277. The van der Waals surface area contributed by atoms with Gasteiger partial charge in [0, 0.05) is 10.0 Å². The first-order valence-corrected chi connectivity index (χ1v) is 5.69. The van der Waals surface area contributed by atoms with Crippen LogP contribution in [0.25, 0.3) is 5.76 Å². The van der Waals surface area contributed by atoms with Crippen LogP contribution in [0.2, 0.25) is 0 Å². The fraction of sp³-hybridized carbons (Fsp3) is 0.154. The molecule has 16 heavy (non-hydrogen) atoms. The van der Waals surface area contributed by atoms with E-state index in [4.69, 9.17) is 4.74 Å². The van der Waals surface area contributed by atoms with Crippen molar-refractivity contribution in [2.75, 3.05) is 0 Å². The van der Waals surface area contributed by atoms with Gasteiger partial charge >= 0.3 is 5.97 Å². The monoisotopic (exact) mass is 278 g/mol. The first-order chi connectivity index (χ1) is 7.55. The van der Waals surface area contributed by atoms with Crippen LogP contribution in [0.5, 0.6) is 0 Å². The van der Waals surface area contributed by atoms with Gasteiger partial charge in [0.15, 0.2) is 0 Å². The third-order valence-electron chi connectivity index (χ3n) is 2.63. The number of carbonyl (C=O) groups excluding carboxylic acids is 1. The van der Waals surface area contributed by atoms with Gasteiger partial charge in [-0.1, -0.05) is 34.1 Å². The molecule has 1 heterocycles. The molecule has 0 aromatic heterocycles. The highest BCUT2D eigenvalue weighted by atomic mass is 79.9. The van der Waals surface area contributed by atoms with Crippen molar-refractivity contribution in [3.8, 4) is 0 Å². The van der Waals surface area contributed by atoms with Gasteiger partial charge in [-0.15, -0.1) is 6.58 Å². The molecule has 2 nitrogen and oxygen atoms in total. The lowest BCUT2D eigenvalue weighted by atomic mass is 9.91. The summed E-state index contributed by atoms with van der Waals surface area (Å²) >= 11 is 3.36. The third-order valence-corrected chi connectivity index (χ3v) is 3.15. The Kier molecular flexibility index (Phi) is 2.72. The Morgan fingerprint density at radius 3 is 2.50 bits per heavy atom. The predicted octanol–water partition coefficient (Wildman–Crippen LogP) is 3.54. The summed E-state index contributed by atoms with van der Waals surface area (Å²) in [6, 6.07) is 7.62. The summed E-state index contributed by atoms with van der Waals surface area (Å²) in [6.45, 7) is 5.44. The van der Waals surface area contributed by atoms with Crippen LogP contribution in [0.3, 0.4) is 0 Å². The van der Waals surface area contributed by atoms with Crippen LogP contribution in [-0.2, 0) is 9.53 Å². The second kappa shape index (κ2) is 3.91. The molecule has 1 aliphatic rings. The van der Waals surface area contributed by atoms with Crippen LogP contribution in [0.1, 0.15) is 12.5 Å². The summed E-state index contributed by atoms with van der Waals surface area (Å²) in [6.07, 6.45) is 3.40. The van der Waals surface area contributed by atoms with E-state index in [0.717, 1.165) is 10.0 Å². The van der Waals surface area contributed by atoms with Gasteiger partial charge < -0.3 is 4.74 Å². The Morgan fingerprint density at radius 1 is 1.38 bits per heavy atom. The molecule has 0 fully saturated rings. The molecule has 1 aromatic rings. The van der Waals surface area contributed by atoms with Gasteiger partial charge in [0.05, 0.1) is 0 Å². The zero-order valence-corrected chi connectivity index (χ0v) is 10.5. The Balaban J connectivity index is 2.38. The summed E-state index contributed by atoms with van der Waals surface area (Å²) in [5, 5.41) is 0. The smallest absolute Gasteiger partial charge is 0.325 e. The van der Waals surface area contributed by atoms with Crippen molar-refractivity contribution in [3.63, 3.8) is 0 Å². The lowest BCUT2D eigenvalue weighted by Crippen LogP contribution is -2.18. The molecule has 0 aliphatic carbocycles. The third kappa shape index (κ3) is 1.83. The molecule has 2 rings (SSSR count). The quantitative estimate of drug-likeness (QED) is 0.611. The predicted molar refractivity (Wildman–Crippen MR) is 66.5 cm³/mol. The van der Waals surface area contributed by atoms with Crippen LogP contribution in [0, 0.1) is 5.41 Å². The first-order valence-electron chi connectivity index (χ1n) is 4.90. The Morgan fingerprint density at radius 2 is 2.00 bits per heavy atom. The number of cyclic esters (lactones) is 1. The zero-order valence-electron chi connectivity index (χ0n) is 8.87. The second-order valence-electron chi connectivity index (χ2n) is 3.89. The van der Waals surface area contributed by atoms with Gasteiger partial charge in [-0.2, -0.15) is 0 Å². The van der Waals surface area contributed by atoms with Crippen LogP contribution in [0.4, 0.5) is 0 Å². The zero-order chi connectivity index (χ0) is 11.8. The van der Waals surface area contributed by atoms with E-state index < -0.39 is 5.41 Å². The summed E-state index contributed by atoms with van der Waals surface area (Å²) in [5.74, 6) is 0.320. The van der Waals surface area contributed by atoms with Gasteiger partial charge in [0.2, 0.25) is 0 Å². The number of benzene rings is 1. The van der Waals surface area contributed by atoms with Crippen LogP contribution in [-0.4, -0.2) is 5.97 Å². The molecule has 0 N–H and O–H groups in total. The Bertz CT molecular complexity index is 473. The molecular formula is C13H11BrO2. The van der Waals surface area contributed by atoms with E-state index in [2.05, 4.69) is 22.5 Å². The summed E-state index contributed by atoms with van der Waals surface area (Å²) in [4.78, 5) is 11.6. The molecule has 0 amide bonds. The molecule has 1 aliphatic heterocycles. The maximum atomic E-state index is 11.6. The number of halogens is 1. The maximum Gasteiger partial charge on any atom is 0.325 e. The van der Waals surface area contributed by atoms with E-state index in [0.29, 0.717) is 5.76 Å². The lowest BCUT2D eigenvalue weighted by Gasteiger charge is -2.09. The number of hydrogen-bond donors (Lipinski definition) is 0. The van der Waals surface area contributed by atoms with Crippen LogP contribution < -0.4 is 0 Å². The Hall–Kier alpha value is -1.35. The minimum Gasteiger partial charge on any atom is -0.425 e. The molecule has 0 bridgehead atoms. The van der Waals surface area contributed by atoms with E-state index in [1.807, 2.05) is 24.3 Å². The second-order valence-corrected chi connectivity index (χ2v) is 4.81. The minimum atomic E-state index is -0.706. The van der Waals surface area contributed by atoms with Gasteiger partial charge in [0.1, 0.15) is 11.2 Å². The molecular weight excluding hydrogens is 268 g/mol. The van der Waals surface area contributed by atoms with Crippen molar-refractivity contribution in [3.05, 3.63) is 53.0 Å². The highest BCUT2D eigenvalue weighted by molar-refractivity contribution is 9.10. The van der Waals surface area contributed by atoms with Gasteiger partial charge in [0.25, 0.3) is 0 Å². The summed E-state index contributed by atoms with van der Waals surface area (Å²) in [5.41, 5.74) is 0.185. The van der Waals surface area contributed by atoms with Crippen molar-refractivity contribution in [1.29, 1.82) is 0 Å². The largest absolute Gasteiger partial charge is 0.425 e. The Labute approximate surface area is 103 Å². The van der Waals surface area contributed by atoms with Crippen molar-refractivity contribution in [2.45, 2.75) is 6.92 Å². The van der Waals surface area contributed by atoms with E-state index in [-0.39, 0.29) is 5.97 Å². The van der Waals surface area contributed by atoms with E-state index in [1.54, 1.807) is 19.1 Å². The number of carbonyl (C=O) groups is 1. The van der Waals surface area contributed by atoms with Crippen molar-refractivity contribution in [2.24, 2.45) is 5.41 Å². The van der Waals surface area contributed by atoms with Crippen molar-refractivity contribution < 1.29 is 9.53 Å². The topological polar surface area (TPSA) is 26.3 Å². The molecule has 1 aromatic carbocycles.